The number of para-hydroxylation sites is 2. The van der Waals surface area contributed by atoms with E-state index in [2.05, 4.69) is 86.8 Å². The minimum atomic E-state index is -0.233. The molecule has 1 fully saturated rings. The van der Waals surface area contributed by atoms with Gasteiger partial charge in [0.1, 0.15) is 11.0 Å². The maximum atomic E-state index is 13.2. The molecule has 13 aromatic rings. The Hall–Kier alpha value is -9.03. The number of anilines is 1. The molecule has 5 N–H and O–H groups in total. The fourth-order valence-corrected chi connectivity index (χ4v) is 11.5. The molecule has 0 unspecified atom stereocenters. The first-order chi connectivity index (χ1) is 36.0. The number of thiophene rings is 2. The molecule has 10 aromatic heterocycles. The number of nitrogens with zero attached hydrogens (tertiary/aromatic N) is 9. The van der Waals surface area contributed by atoms with E-state index in [9.17, 15) is 4.79 Å². The van der Waals surface area contributed by atoms with Crippen molar-refractivity contribution in [2.24, 2.45) is 0 Å². The quantitative estimate of drug-likeness (QED) is 0.0831. The van der Waals surface area contributed by atoms with Gasteiger partial charge in [0.2, 0.25) is 0 Å². The van der Waals surface area contributed by atoms with E-state index in [4.69, 9.17) is 30.1 Å². The van der Waals surface area contributed by atoms with Crippen molar-refractivity contribution >= 4 is 78.4 Å². The summed E-state index contributed by atoms with van der Waals surface area (Å²) in [6.45, 7) is 3.13. The lowest BCUT2D eigenvalue weighted by atomic mass is 10.0. The average Bonchev–Trinajstić information content (AvgIpc) is 4.29. The van der Waals surface area contributed by atoms with E-state index < -0.39 is 0 Å². The second-order valence-corrected chi connectivity index (χ2v) is 19.8. The summed E-state index contributed by atoms with van der Waals surface area (Å²) in [5, 5.41) is 25.5. The number of aromatic nitrogens is 12. The van der Waals surface area contributed by atoms with Gasteiger partial charge in [-0.25, -0.2) is 19.9 Å². The van der Waals surface area contributed by atoms with Gasteiger partial charge < -0.3 is 15.3 Å². The SMILES string of the molecule is O=C(Nc1cncc(-c2cc(-c3cc(-c4cccc5[nH]c(-c6n[nH]c7ccc(-c8cncc(CN9CCCC9)c8)nc67)nc45)cs3)c3[nH]nc(-c4nc5c(-c6ccsc6)cccc5[nH]4)c3n2)c1)c1ccccc1. The molecule has 1 amide bonds. The summed E-state index contributed by atoms with van der Waals surface area (Å²) in [5.41, 5.74) is 18.0. The summed E-state index contributed by atoms with van der Waals surface area (Å²) in [4.78, 5) is 53.6. The van der Waals surface area contributed by atoms with Crippen LogP contribution in [0, 0.1) is 0 Å². The van der Waals surface area contributed by atoms with Crippen molar-refractivity contribution in [3.63, 3.8) is 0 Å². The smallest absolute Gasteiger partial charge is 0.255 e. The summed E-state index contributed by atoms with van der Waals surface area (Å²) in [6, 6.07) is 35.8. The molecule has 1 aliphatic rings. The number of amides is 1. The fourth-order valence-electron chi connectivity index (χ4n) is 9.87. The Morgan fingerprint density at radius 2 is 1.32 bits per heavy atom. The third-order valence-electron chi connectivity index (χ3n) is 13.4. The third kappa shape index (κ3) is 7.82. The maximum absolute atomic E-state index is 13.2. The Bertz CT molecular complexity index is 4220. The number of hydrogen-bond acceptors (Lipinski definition) is 12. The van der Waals surface area contributed by atoms with Gasteiger partial charge in [-0.2, -0.15) is 21.5 Å². The van der Waals surface area contributed by atoms with Crippen LogP contribution in [0.5, 0.6) is 0 Å². The molecule has 17 heteroatoms. The Morgan fingerprint density at radius 1 is 0.589 bits per heavy atom. The van der Waals surface area contributed by atoms with Crippen LogP contribution in [0.15, 0.2) is 150 Å². The molecule has 14 rings (SSSR count). The van der Waals surface area contributed by atoms with Gasteiger partial charge in [-0.3, -0.25) is 29.9 Å². The first-order valence-corrected chi connectivity index (χ1v) is 25.7. The fraction of sp³-hybridized carbons (Fsp3) is 0.0893. The standard InChI is InChI=1S/C56H40N14OS2/c71-56(32-8-2-1-3-9-32)59-37-21-35(26-58-27-37)45-23-40(49-51(61-45)53(69-67-49)55-63-42-12-6-10-38(47(42)64-55)33-16-19-72-29-33)46-22-36(30-73-46)39-11-7-13-43-48(39)65-54(62-43)52-50-44(66-68-52)15-14-41(60-50)34-20-31(24-57-25-34)28-70-17-4-5-18-70/h1-3,6-16,19-27,29-30H,4-5,17-18,28H2,(H,59,71)(H,62,65)(H,63,64)(H,66,68)(H,67,69). The molecular weight excluding hydrogens is 949 g/mol. The molecule has 15 nitrogen and oxygen atoms in total. The molecule has 1 saturated heterocycles. The second kappa shape index (κ2) is 17.7. The van der Waals surface area contributed by atoms with Crippen molar-refractivity contribution in [1.29, 1.82) is 0 Å². The Balaban J connectivity index is 0.842. The molecular formula is C56H40N14OS2. The lowest BCUT2D eigenvalue weighted by molar-refractivity contribution is 0.102. The summed E-state index contributed by atoms with van der Waals surface area (Å²) in [7, 11) is 0. The highest BCUT2D eigenvalue weighted by Crippen LogP contribution is 2.42. The number of carbonyl (C=O) groups is 1. The highest BCUT2D eigenvalue weighted by Gasteiger charge is 2.23. The topological polar surface area (TPSA) is 199 Å². The van der Waals surface area contributed by atoms with Crippen molar-refractivity contribution in [2.75, 3.05) is 18.4 Å². The minimum Gasteiger partial charge on any atom is -0.336 e. The van der Waals surface area contributed by atoms with E-state index in [-0.39, 0.29) is 5.91 Å². The first-order valence-electron chi connectivity index (χ1n) is 23.9. The van der Waals surface area contributed by atoms with Crippen LogP contribution < -0.4 is 5.32 Å². The van der Waals surface area contributed by atoms with Gasteiger partial charge >= 0.3 is 0 Å². The number of carbonyl (C=O) groups excluding carboxylic acids is 1. The van der Waals surface area contributed by atoms with Gasteiger partial charge in [0, 0.05) is 63.4 Å². The predicted octanol–water partition coefficient (Wildman–Crippen LogP) is 12.4. The molecule has 0 aliphatic carbocycles. The van der Waals surface area contributed by atoms with Gasteiger partial charge in [-0.05, 0) is 125 Å². The normalized spacial score (nSPS) is 13.0. The monoisotopic (exact) mass is 988 g/mol. The number of imidazole rings is 2. The van der Waals surface area contributed by atoms with Crippen LogP contribution in [-0.4, -0.2) is 84.2 Å². The van der Waals surface area contributed by atoms with Crippen molar-refractivity contribution < 1.29 is 4.79 Å². The van der Waals surface area contributed by atoms with Gasteiger partial charge in [0.15, 0.2) is 23.0 Å². The number of pyridine rings is 4. The number of likely N-dealkylation sites (tertiary alicyclic amines) is 1. The number of nitrogens with one attached hydrogen (secondary N) is 5. The van der Waals surface area contributed by atoms with Crippen LogP contribution in [-0.2, 0) is 6.54 Å². The van der Waals surface area contributed by atoms with E-state index in [0.29, 0.717) is 51.1 Å². The molecule has 0 bridgehead atoms. The number of aromatic amines is 4. The summed E-state index contributed by atoms with van der Waals surface area (Å²) >= 11 is 3.26. The Kier molecular flexibility index (Phi) is 10.4. The molecule has 3 aromatic carbocycles. The predicted molar refractivity (Wildman–Crippen MR) is 289 cm³/mol. The summed E-state index contributed by atoms with van der Waals surface area (Å²) < 4.78 is 0. The number of benzene rings is 3. The van der Waals surface area contributed by atoms with Crippen LogP contribution in [0.3, 0.4) is 0 Å². The van der Waals surface area contributed by atoms with Crippen LogP contribution in [0.2, 0.25) is 0 Å². The minimum absolute atomic E-state index is 0.233. The van der Waals surface area contributed by atoms with Gasteiger partial charge in [0.25, 0.3) is 5.91 Å². The third-order valence-corrected chi connectivity index (χ3v) is 15.1. The molecule has 0 radical (unpaired) electrons. The number of fused-ring (bicyclic) bond motifs is 4. The number of rotatable bonds is 11. The lowest BCUT2D eigenvalue weighted by Crippen LogP contribution is -2.18. The van der Waals surface area contributed by atoms with Crippen molar-refractivity contribution in [3.05, 3.63) is 161 Å². The lowest BCUT2D eigenvalue weighted by Gasteiger charge is -2.14. The largest absolute Gasteiger partial charge is 0.336 e. The summed E-state index contributed by atoms with van der Waals surface area (Å²) in [6.07, 6.45) is 9.70. The van der Waals surface area contributed by atoms with Crippen LogP contribution in [0.1, 0.15) is 28.8 Å². The van der Waals surface area contributed by atoms with Gasteiger partial charge in [0.05, 0.1) is 56.4 Å². The zero-order valence-corrected chi connectivity index (χ0v) is 40.4. The highest BCUT2D eigenvalue weighted by atomic mass is 32.1. The number of hydrogen-bond donors (Lipinski definition) is 5. The van der Waals surface area contributed by atoms with Gasteiger partial charge in [-0.15, -0.1) is 11.3 Å². The van der Waals surface area contributed by atoms with E-state index in [1.807, 2.05) is 79.1 Å². The Labute approximate surface area is 423 Å². The van der Waals surface area contributed by atoms with Crippen molar-refractivity contribution in [2.45, 2.75) is 19.4 Å². The van der Waals surface area contributed by atoms with E-state index in [0.717, 1.165) is 102 Å². The molecule has 0 atom stereocenters. The Morgan fingerprint density at radius 3 is 2.10 bits per heavy atom. The van der Waals surface area contributed by atoms with Crippen molar-refractivity contribution in [1.82, 2.24) is 65.2 Å². The van der Waals surface area contributed by atoms with E-state index in [1.54, 1.807) is 47.2 Å². The maximum Gasteiger partial charge on any atom is 0.255 e. The average molecular weight is 989 g/mol. The zero-order chi connectivity index (χ0) is 48.4. The molecule has 352 valence electrons. The number of H-pyrrole nitrogens is 4. The van der Waals surface area contributed by atoms with E-state index in [1.165, 1.54) is 18.4 Å². The molecule has 0 saturated carbocycles. The van der Waals surface area contributed by atoms with Crippen molar-refractivity contribution in [3.8, 4) is 78.2 Å². The molecule has 11 heterocycles. The first kappa shape index (κ1) is 42.8. The molecule has 73 heavy (non-hydrogen) atoms. The second-order valence-electron chi connectivity index (χ2n) is 18.1. The van der Waals surface area contributed by atoms with Crippen LogP contribution in [0.4, 0.5) is 5.69 Å². The molecule has 1 aliphatic heterocycles. The zero-order valence-electron chi connectivity index (χ0n) is 38.7. The highest BCUT2D eigenvalue weighted by molar-refractivity contribution is 7.14. The molecule has 0 spiro atoms. The van der Waals surface area contributed by atoms with Gasteiger partial charge in [-0.1, -0.05) is 42.5 Å². The van der Waals surface area contributed by atoms with Crippen LogP contribution >= 0.6 is 22.7 Å². The van der Waals surface area contributed by atoms with Crippen LogP contribution in [0.25, 0.3) is 122 Å². The summed E-state index contributed by atoms with van der Waals surface area (Å²) in [5.74, 6) is 0.970. The van der Waals surface area contributed by atoms with E-state index >= 15 is 0 Å².